The molecule has 3 amide bonds. The molecule has 0 radical (unpaired) electrons. The molecule has 0 bridgehead atoms. The van der Waals surface area contributed by atoms with Crippen LogP contribution in [0.1, 0.15) is 47.4 Å². The van der Waals surface area contributed by atoms with Crippen LogP contribution in [0.15, 0.2) is 24.3 Å². The van der Waals surface area contributed by atoms with Crippen LogP contribution in [-0.4, -0.2) is 53.1 Å². The van der Waals surface area contributed by atoms with Crippen molar-refractivity contribution >= 4 is 17.9 Å². The van der Waals surface area contributed by atoms with E-state index < -0.39 is 5.97 Å². The van der Waals surface area contributed by atoms with Gasteiger partial charge in [0.2, 0.25) is 0 Å². The molecule has 0 unspecified atom stereocenters. The maximum absolute atomic E-state index is 12.6. The standard InChI is InChI=1S/C17H23N3O4/c1-11(2)18-17(24)19-12-7-9-20(10-8-12)15(21)13-5-3-4-6-14(13)16(22)23/h3-6,11-12H,7-10H2,1-2H3,(H,22,23)(H2,18,19,24). The number of aromatic carboxylic acids is 1. The van der Waals surface area contributed by atoms with Gasteiger partial charge >= 0.3 is 12.0 Å². The monoisotopic (exact) mass is 333 g/mol. The average Bonchev–Trinajstić information content (AvgIpc) is 2.54. The first-order valence-electron chi connectivity index (χ1n) is 8.07. The van der Waals surface area contributed by atoms with Gasteiger partial charge in [-0.2, -0.15) is 0 Å². The highest BCUT2D eigenvalue weighted by Gasteiger charge is 2.26. The lowest BCUT2D eigenvalue weighted by atomic mass is 10.0. The van der Waals surface area contributed by atoms with Gasteiger partial charge in [0.1, 0.15) is 0 Å². The number of piperidine rings is 1. The summed E-state index contributed by atoms with van der Waals surface area (Å²) in [6.07, 6.45) is 1.29. The van der Waals surface area contributed by atoms with Crippen molar-refractivity contribution in [2.75, 3.05) is 13.1 Å². The lowest BCUT2D eigenvalue weighted by molar-refractivity contribution is 0.0659. The van der Waals surface area contributed by atoms with Gasteiger partial charge in [0, 0.05) is 25.2 Å². The maximum Gasteiger partial charge on any atom is 0.336 e. The van der Waals surface area contributed by atoms with Crippen molar-refractivity contribution < 1.29 is 19.5 Å². The normalized spacial score (nSPS) is 15.2. The Kier molecular flexibility index (Phi) is 5.78. The van der Waals surface area contributed by atoms with E-state index in [1.807, 2.05) is 13.8 Å². The van der Waals surface area contributed by atoms with Crippen molar-refractivity contribution in [3.8, 4) is 0 Å². The van der Waals surface area contributed by atoms with Crippen LogP contribution < -0.4 is 10.6 Å². The van der Waals surface area contributed by atoms with Crippen LogP contribution in [0.25, 0.3) is 0 Å². The lowest BCUT2D eigenvalue weighted by Crippen LogP contribution is -2.50. The number of carbonyl (C=O) groups is 3. The minimum atomic E-state index is -1.11. The Morgan fingerprint density at radius 3 is 2.25 bits per heavy atom. The Morgan fingerprint density at radius 1 is 1.12 bits per heavy atom. The number of likely N-dealkylation sites (tertiary alicyclic amines) is 1. The number of rotatable bonds is 4. The molecule has 1 fully saturated rings. The molecule has 3 N–H and O–H groups in total. The third-order valence-electron chi connectivity index (χ3n) is 3.93. The van der Waals surface area contributed by atoms with Gasteiger partial charge in [-0.3, -0.25) is 4.79 Å². The lowest BCUT2D eigenvalue weighted by Gasteiger charge is -2.32. The first-order chi connectivity index (χ1) is 11.4. The number of carboxylic acid groups (broad SMARTS) is 1. The molecule has 7 heteroatoms. The largest absolute Gasteiger partial charge is 0.478 e. The first kappa shape index (κ1) is 17.8. The van der Waals surface area contributed by atoms with E-state index in [0.717, 1.165) is 0 Å². The van der Waals surface area contributed by atoms with E-state index in [4.69, 9.17) is 0 Å². The number of hydrogen-bond acceptors (Lipinski definition) is 3. The first-order valence-corrected chi connectivity index (χ1v) is 8.07. The smallest absolute Gasteiger partial charge is 0.336 e. The molecule has 1 saturated heterocycles. The molecule has 7 nitrogen and oxygen atoms in total. The van der Waals surface area contributed by atoms with Crippen molar-refractivity contribution in [3.63, 3.8) is 0 Å². The number of benzene rings is 1. The summed E-state index contributed by atoms with van der Waals surface area (Å²) in [4.78, 5) is 37.2. The number of nitrogens with zero attached hydrogens (tertiary/aromatic N) is 1. The molecule has 0 saturated carbocycles. The molecule has 24 heavy (non-hydrogen) atoms. The zero-order chi connectivity index (χ0) is 17.7. The quantitative estimate of drug-likeness (QED) is 0.781. The SMILES string of the molecule is CC(C)NC(=O)NC1CCN(C(=O)c2ccccc2C(=O)O)CC1. The summed E-state index contributed by atoms with van der Waals surface area (Å²) in [5.41, 5.74) is 0.216. The number of carbonyl (C=O) groups excluding carboxylic acids is 2. The van der Waals surface area contributed by atoms with Crippen LogP contribution in [-0.2, 0) is 0 Å². The molecule has 130 valence electrons. The van der Waals surface area contributed by atoms with Gasteiger partial charge in [-0.15, -0.1) is 0 Å². The predicted octanol–water partition coefficient (Wildman–Crippen LogP) is 1.70. The van der Waals surface area contributed by atoms with Gasteiger partial charge < -0.3 is 20.6 Å². The van der Waals surface area contributed by atoms with E-state index in [1.165, 1.54) is 12.1 Å². The zero-order valence-corrected chi connectivity index (χ0v) is 13.9. The molecule has 0 atom stereocenters. The number of carboxylic acids is 1. The van der Waals surface area contributed by atoms with Gasteiger partial charge in [-0.1, -0.05) is 12.1 Å². The molecule has 2 rings (SSSR count). The summed E-state index contributed by atoms with van der Waals surface area (Å²) in [6.45, 7) is 4.75. The van der Waals surface area contributed by atoms with Crippen LogP contribution in [0.2, 0.25) is 0 Å². The molecule has 1 aliphatic rings. The van der Waals surface area contributed by atoms with E-state index in [1.54, 1.807) is 17.0 Å². The maximum atomic E-state index is 12.6. The molecule has 1 heterocycles. The minimum Gasteiger partial charge on any atom is -0.478 e. The Bertz CT molecular complexity index is 622. The molecule has 0 spiro atoms. The van der Waals surface area contributed by atoms with Gasteiger partial charge in [0.25, 0.3) is 5.91 Å². The Labute approximate surface area is 141 Å². The highest BCUT2D eigenvalue weighted by molar-refractivity contribution is 6.04. The number of amides is 3. The number of nitrogens with one attached hydrogen (secondary N) is 2. The number of urea groups is 1. The van der Waals surface area contributed by atoms with Crippen LogP contribution in [0.5, 0.6) is 0 Å². The van der Waals surface area contributed by atoms with Crippen LogP contribution in [0, 0.1) is 0 Å². The second kappa shape index (κ2) is 7.81. The van der Waals surface area contributed by atoms with E-state index in [-0.39, 0.29) is 35.1 Å². The summed E-state index contributed by atoms with van der Waals surface area (Å²) >= 11 is 0. The second-order valence-corrected chi connectivity index (χ2v) is 6.19. The molecule has 0 aromatic heterocycles. The minimum absolute atomic E-state index is 0.0130. The highest BCUT2D eigenvalue weighted by atomic mass is 16.4. The van der Waals surface area contributed by atoms with Crippen molar-refractivity contribution in [2.24, 2.45) is 0 Å². The highest BCUT2D eigenvalue weighted by Crippen LogP contribution is 2.17. The summed E-state index contributed by atoms with van der Waals surface area (Å²) in [5, 5.41) is 14.9. The van der Waals surface area contributed by atoms with E-state index in [2.05, 4.69) is 10.6 Å². The van der Waals surface area contributed by atoms with E-state index in [0.29, 0.717) is 25.9 Å². The zero-order valence-electron chi connectivity index (χ0n) is 13.9. The van der Waals surface area contributed by atoms with Gasteiger partial charge in [-0.05, 0) is 38.8 Å². The number of hydrogen-bond donors (Lipinski definition) is 3. The third-order valence-corrected chi connectivity index (χ3v) is 3.93. The fourth-order valence-corrected chi connectivity index (χ4v) is 2.74. The van der Waals surface area contributed by atoms with Gasteiger partial charge in [0.15, 0.2) is 0 Å². The molecule has 1 aliphatic heterocycles. The van der Waals surface area contributed by atoms with Crippen molar-refractivity contribution in [3.05, 3.63) is 35.4 Å². The summed E-state index contributed by atoms with van der Waals surface area (Å²) in [7, 11) is 0. The van der Waals surface area contributed by atoms with Gasteiger partial charge in [-0.25, -0.2) is 9.59 Å². The topological polar surface area (TPSA) is 98.7 Å². The summed E-state index contributed by atoms with van der Waals surface area (Å²) in [5.74, 6) is -1.39. The Morgan fingerprint density at radius 2 is 1.71 bits per heavy atom. The summed E-state index contributed by atoms with van der Waals surface area (Å²) < 4.78 is 0. The fraction of sp³-hybridized carbons (Fsp3) is 0.471. The van der Waals surface area contributed by atoms with Crippen molar-refractivity contribution in [2.45, 2.75) is 38.8 Å². The Hall–Kier alpha value is -2.57. The summed E-state index contributed by atoms with van der Waals surface area (Å²) in [6, 6.07) is 6.10. The molecular weight excluding hydrogens is 310 g/mol. The van der Waals surface area contributed by atoms with Crippen molar-refractivity contribution in [1.82, 2.24) is 15.5 Å². The molecule has 1 aromatic rings. The van der Waals surface area contributed by atoms with Crippen LogP contribution in [0.4, 0.5) is 4.79 Å². The van der Waals surface area contributed by atoms with E-state index in [9.17, 15) is 19.5 Å². The third kappa shape index (κ3) is 4.47. The van der Waals surface area contributed by atoms with Gasteiger partial charge in [0.05, 0.1) is 11.1 Å². The molecular formula is C17H23N3O4. The van der Waals surface area contributed by atoms with Crippen LogP contribution >= 0.6 is 0 Å². The average molecular weight is 333 g/mol. The van der Waals surface area contributed by atoms with Crippen LogP contribution in [0.3, 0.4) is 0 Å². The fourth-order valence-electron chi connectivity index (χ4n) is 2.74. The Balaban J connectivity index is 1.94. The molecule has 1 aromatic carbocycles. The van der Waals surface area contributed by atoms with Crippen molar-refractivity contribution in [1.29, 1.82) is 0 Å². The second-order valence-electron chi connectivity index (χ2n) is 6.19. The predicted molar refractivity (Wildman–Crippen MR) is 89.1 cm³/mol. The van der Waals surface area contributed by atoms with E-state index >= 15 is 0 Å². The molecule has 0 aliphatic carbocycles.